The molecule has 2 rings (SSSR count). The number of nitrogens with one attached hydrogen (secondary N) is 1. The Morgan fingerprint density at radius 3 is 2.82 bits per heavy atom. The minimum atomic E-state index is -0.272. The molecular formula is C14H15NO2. The van der Waals surface area contributed by atoms with Crippen molar-refractivity contribution in [2.75, 3.05) is 6.61 Å². The van der Waals surface area contributed by atoms with Crippen LogP contribution in [0.2, 0.25) is 0 Å². The standard InChI is InChI=1S/C14H15NO2/c1-2-17-14(16)12-8-9-15-13(10-12)11-6-4-3-5-7-11/h3-10,13,15H,2H2,1H3. The minimum Gasteiger partial charge on any atom is -0.462 e. The fraction of sp³-hybridized carbons (Fsp3) is 0.214. The van der Waals surface area contributed by atoms with E-state index in [1.165, 1.54) is 0 Å². The van der Waals surface area contributed by atoms with Gasteiger partial charge in [0.15, 0.2) is 0 Å². The smallest absolute Gasteiger partial charge is 0.337 e. The van der Waals surface area contributed by atoms with Crippen LogP contribution >= 0.6 is 0 Å². The zero-order chi connectivity index (χ0) is 12.1. The molecule has 3 heteroatoms. The van der Waals surface area contributed by atoms with Gasteiger partial charge in [0.1, 0.15) is 0 Å². The van der Waals surface area contributed by atoms with Gasteiger partial charge in [-0.25, -0.2) is 4.79 Å². The molecule has 1 aromatic carbocycles. The van der Waals surface area contributed by atoms with Crippen molar-refractivity contribution >= 4 is 5.97 Å². The lowest BCUT2D eigenvalue weighted by Crippen LogP contribution is -2.19. The molecule has 1 aliphatic rings. The molecule has 17 heavy (non-hydrogen) atoms. The average molecular weight is 229 g/mol. The Labute approximate surface area is 101 Å². The Bertz CT molecular complexity index is 449. The number of carbonyl (C=O) groups is 1. The lowest BCUT2D eigenvalue weighted by molar-refractivity contribution is -0.138. The van der Waals surface area contributed by atoms with Crippen molar-refractivity contribution in [3.8, 4) is 0 Å². The molecule has 1 aromatic rings. The van der Waals surface area contributed by atoms with Crippen LogP contribution in [0.15, 0.2) is 54.3 Å². The predicted octanol–water partition coefficient (Wildman–Crippen LogP) is 2.33. The van der Waals surface area contributed by atoms with E-state index in [-0.39, 0.29) is 12.0 Å². The first-order valence-corrected chi connectivity index (χ1v) is 5.67. The molecule has 3 nitrogen and oxygen atoms in total. The quantitative estimate of drug-likeness (QED) is 0.808. The van der Waals surface area contributed by atoms with Crippen LogP contribution in [0.3, 0.4) is 0 Å². The number of hydrogen-bond acceptors (Lipinski definition) is 3. The first-order valence-electron chi connectivity index (χ1n) is 5.67. The van der Waals surface area contributed by atoms with Gasteiger partial charge >= 0.3 is 5.97 Å². The maximum Gasteiger partial charge on any atom is 0.337 e. The van der Waals surface area contributed by atoms with Crippen LogP contribution in [0.25, 0.3) is 0 Å². The number of dihydropyridines is 1. The Morgan fingerprint density at radius 2 is 2.12 bits per heavy atom. The summed E-state index contributed by atoms with van der Waals surface area (Å²) in [4.78, 5) is 11.6. The Hall–Kier alpha value is -2.03. The highest BCUT2D eigenvalue weighted by Gasteiger charge is 2.15. The highest BCUT2D eigenvalue weighted by Crippen LogP contribution is 2.20. The maximum absolute atomic E-state index is 11.6. The van der Waals surface area contributed by atoms with Crippen molar-refractivity contribution in [1.82, 2.24) is 5.32 Å². The molecule has 0 radical (unpaired) electrons. The molecule has 1 unspecified atom stereocenters. The van der Waals surface area contributed by atoms with Crippen molar-refractivity contribution in [1.29, 1.82) is 0 Å². The molecule has 0 spiro atoms. The van der Waals surface area contributed by atoms with E-state index >= 15 is 0 Å². The number of benzene rings is 1. The van der Waals surface area contributed by atoms with E-state index in [4.69, 9.17) is 4.74 Å². The fourth-order valence-electron chi connectivity index (χ4n) is 1.73. The van der Waals surface area contributed by atoms with E-state index in [0.29, 0.717) is 12.2 Å². The van der Waals surface area contributed by atoms with E-state index in [9.17, 15) is 4.79 Å². The number of ether oxygens (including phenoxy) is 1. The molecule has 0 aliphatic carbocycles. The summed E-state index contributed by atoms with van der Waals surface area (Å²) >= 11 is 0. The zero-order valence-electron chi connectivity index (χ0n) is 9.72. The summed E-state index contributed by atoms with van der Waals surface area (Å²) in [5, 5.41) is 3.20. The molecule has 0 fully saturated rings. The summed E-state index contributed by atoms with van der Waals surface area (Å²) in [5.74, 6) is -0.272. The Kier molecular flexibility index (Phi) is 3.60. The van der Waals surface area contributed by atoms with Crippen LogP contribution in [-0.2, 0) is 9.53 Å². The second kappa shape index (κ2) is 5.34. The van der Waals surface area contributed by atoms with E-state index in [2.05, 4.69) is 5.32 Å². The van der Waals surface area contributed by atoms with E-state index < -0.39 is 0 Å². The predicted molar refractivity (Wildman–Crippen MR) is 66.2 cm³/mol. The van der Waals surface area contributed by atoms with Crippen LogP contribution in [-0.4, -0.2) is 12.6 Å². The van der Waals surface area contributed by atoms with Gasteiger partial charge < -0.3 is 10.1 Å². The monoisotopic (exact) mass is 229 g/mol. The number of carbonyl (C=O) groups excluding carboxylic acids is 1. The van der Waals surface area contributed by atoms with Crippen LogP contribution < -0.4 is 5.32 Å². The normalized spacial score (nSPS) is 18.2. The van der Waals surface area contributed by atoms with Crippen molar-refractivity contribution in [3.63, 3.8) is 0 Å². The Balaban J connectivity index is 2.17. The summed E-state index contributed by atoms with van der Waals surface area (Å²) in [7, 11) is 0. The van der Waals surface area contributed by atoms with E-state index in [0.717, 1.165) is 5.56 Å². The fourth-order valence-corrected chi connectivity index (χ4v) is 1.73. The molecular weight excluding hydrogens is 214 g/mol. The summed E-state index contributed by atoms with van der Waals surface area (Å²) in [6, 6.07) is 10.0. The largest absolute Gasteiger partial charge is 0.462 e. The highest BCUT2D eigenvalue weighted by molar-refractivity contribution is 5.91. The second-order valence-corrected chi connectivity index (χ2v) is 3.73. The van der Waals surface area contributed by atoms with Gasteiger partial charge in [0.25, 0.3) is 0 Å². The second-order valence-electron chi connectivity index (χ2n) is 3.73. The first-order chi connectivity index (χ1) is 8.31. The van der Waals surface area contributed by atoms with Gasteiger partial charge in [-0.15, -0.1) is 0 Å². The van der Waals surface area contributed by atoms with Crippen LogP contribution in [0, 0.1) is 0 Å². The van der Waals surface area contributed by atoms with Crippen LogP contribution in [0.4, 0.5) is 0 Å². The summed E-state index contributed by atoms with van der Waals surface area (Å²) < 4.78 is 4.98. The maximum atomic E-state index is 11.6. The summed E-state index contributed by atoms with van der Waals surface area (Å²) in [5.41, 5.74) is 1.72. The van der Waals surface area contributed by atoms with Crippen molar-refractivity contribution in [3.05, 3.63) is 59.8 Å². The topological polar surface area (TPSA) is 38.3 Å². The van der Waals surface area contributed by atoms with Crippen LogP contribution in [0.5, 0.6) is 0 Å². The molecule has 1 aliphatic heterocycles. The molecule has 0 amide bonds. The van der Waals surface area contributed by atoms with Gasteiger partial charge in [-0.05, 0) is 30.8 Å². The van der Waals surface area contributed by atoms with Crippen molar-refractivity contribution in [2.24, 2.45) is 0 Å². The SMILES string of the molecule is CCOC(=O)C1=CC(c2ccccc2)NC=C1. The van der Waals surface area contributed by atoms with Gasteiger partial charge in [0.2, 0.25) is 0 Å². The van der Waals surface area contributed by atoms with Crippen molar-refractivity contribution in [2.45, 2.75) is 13.0 Å². The molecule has 1 N–H and O–H groups in total. The van der Waals surface area contributed by atoms with Gasteiger partial charge in [-0.1, -0.05) is 30.3 Å². The molecule has 1 atom stereocenters. The van der Waals surface area contributed by atoms with Gasteiger partial charge in [0, 0.05) is 0 Å². The van der Waals surface area contributed by atoms with E-state index in [1.807, 2.05) is 36.4 Å². The zero-order valence-corrected chi connectivity index (χ0v) is 9.72. The van der Waals surface area contributed by atoms with Crippen LogP contribution in [0.1, 0.15) is 18.5 Å². The molecule has 88 valence electrons. The third-order valence-electron chi connectivity index (χ3n) is 2.55. The lowest BCUT2D eigenvalue weighted by atomic mass is 10.0. The third-order valence-corrected chi connectivity index (χ3v) is 2.55. The van der Waals surface area contributed by atoms with Gasteiger partial charge in [-0.2, -0.15) is 0 Å². The van der Waals surface area contributed by atoms with Gasteiger partial charge in [0.05, 0.1) is 18.2 Å². The average Bonchev–Trinajstić information content (AvgIpc) is 2.40. The molecule has 1 heterocycles. The molecule has 0 bridgehead atoms. The number of rotatable bonds is 3. The van der Waals surface area contributed by atoms with Crippen molar-refractivity contribution < 1.29 is 9.53 Å². The third kappa shape index (κ3) is 2.75. The molecule has 0 aromatic heterocycles. The minimum absolute atomic E-state index is 0.0283. The lowest BCUT2D eigenvalue weighted by Gasteiger charge is -2.18. The number of hydrogen-bond donors (Lipinski definition) is 1. The summed E-state index contributed by atoms with van der Waals surface area (Å²) in [6.07, 6.45) is 5.40. The van der Waals surface area contributed by atoms with E-state index in [1.54, 1.807) is 19.2 Å². The van der Waals surface area contributed by atoms with Gasteiger partial charge in [-0.3, -0.25) is 0 Å². The number of esters is 1. The molecule has 0 saturated heterocycles. The summed E-state index contributed by atoms with van der Waals surface area (Å²) in [6.45, 7) is 2.20. The first kappa shape index (κ1) is 11.5. The molecule has 0 saturated carbocycles. The Morgan fingerprint density at radius 1 is 1.35 bits per heavy atom. The highest BCUT2D eigenvalue weighted by atomic mass is 16.5.